The number of fused-ring (bicyclic) bond motifs is 1. The monoisotopic (exact) mass is 377 g/mol. The number of aromatic nitrogens is 2. The van der Waals surface area contributed by atoms with Gasteiger partial charge in [0.2, 0.25) is 11.8 Å². The Balaban J connectivity index is 1.95. The Hall–Kier alpha value is -4.19. The van der Waals surface area contributed by atoms with Crippen LogP contribution < -0.4 is 10.5 Å². The first kappa shape index (κ1) is 17.2. The topological polar surface area (TPSA) is 131 Å². The third-order valence-corrected chi connectivity index (χ3v) is 4.47. The largest absolute Gasteiger partial charge is 0.420 e. The molecule has 1 atom stereocenters. The number of nitrogens with two attached hydrogens (primary N) is 1. The molecule has 28 heavy (non-hydrogen) atoms. The van der Waals surface area contributed by atoms with Crippen LogP contribution >= 0.6 is 0 Å². The summed E-state index contributed by atoms with van der Waals surface area (Å²) in [6.07, 6.45) is 0. The Morgan fingerprint density at radius 3 is 2.79 bits per heavy atom. The van der Waals surface area contributed by atoms with Gasteiger partial charge >= 0.3 is 0 Å². The number of allylic oxidation sites excluding steroid dienone is 1. The predicted molar refractivity (Wildman–Crippen MR) is 96.4 cm³/mol. The molecule has 2 aromatic carbocycles. The minimum atomic E-state index is -0.738. The van der Waals surface area contributed by atoms with Crippen LogP contribution in [0, 0.1) is 27.3 Å². The van der Waals surface area contributed by atoms with Crippen molar-refractivity contribution >= 4 is 5.69 Å². The van der Waals surface area contributed by atoms with E-state index in [0.717, 1.165) is 0 Å². The molecule has 8 nitrogen and oxygen atoms in total. The first-order chi connectivity index (χ1) is 13.5. The van der Waals surface area contributed by atoms with E-state index >= 15 is 0 Å². The number of ether oxygens (including phenoxy) is 1. The number of nitrogens with one attached hydrogen (secondary N) is 1. The summed E-state index contributed by atoms with van der Waals surface area (Å²) in [5.41, 5.74) is 7.72. The molecule has 0 amide bonds. The molecule has 3 N–H and O–H groups in total. The molecule has 0 spiro atoms. The molecule has 1 unspecified atom stereocenters. The van der Waals surface area contributed by atoms with Gasteiger partial charge in [0.15, 0.2) is 0 Å². The Morgan fingerprint density at radius 2 is 2.07 bits per heavy atom. The molecule has 1 aliphatic rings. The fourth-order valence-corrected chi connectivity index (χ4v) is 3.26. The van der Waals surface area contributed by atoms with Gasteiger partial charge in [-0.1, -0.05) is 24.3 Å². The molecule has 1 aromatic heterocycles. The average molecular weight is 377 g/mol. The van der Waals surface area contributed by atoms with Gasteiger partial charge in [-0.2, -0.15) is 5.26 Å². The van der Waals surface area contributed by atoms with E-state index in [0.29, 0.717) is 22.4 Å². The van der Waals surface area contributed by atoms with Gasteiger partial charge < -0.3 is 10.5 Å². The second kappa shape index (κ2) is 6.51. The van der Waals surface area contributed by atoms with E-state index in [9.17, 15) is 19.8 Å². The number of H-pyrrole nitrogens is 1. The highest BCUT2D eigenvalue weighted by Crippen LogP contribution is 2.45. The quantitative estimate of drug-likeness (QED) is 0.532. The summed E-state index contributed by atoms with van der Waals surface area (Å²) < 4.78 is 19.3. The summed E-state index contributed by atoms with van der Waals surface area (Å²) in [6, 6.07) is 13.7. The van der Waals surface area contributed by atoms with E-state index < -0.39 is 16.7 Å². The number of nitriles is 1. The molecule has 4 rings (SSSR count). The Bertz CT molecular complexity index is 1180. The van der Waals surface area contributed by atoms with E-state index in [1.165, 1.54) is 36.4 Å². The third kappa shape index (κ3) is 2.73. The number of hydrogen-bond donors (Lipinski definition) is 2. The molecule has 0 saturated heterocycles. The number of hydrogen-bond acceptors (Lipinski definition) is 6. The molecule has 0 saturated carbocycles. The smallest absolute Gasteiger partial charge is 0.270 e. The summed E-state index contributed by atoms with van der Waals surface area (Å²) >= 11 is 0. The highest BCUT2D eigenvalue weighted by Gasteiger charge is 2.35. The van der Waals surface area contributed by atoms with Crippen LogP contribution in [0.1, 0.15) is 17.0 Å². The summed E-state index contributed by atoms with van der Waals surface area (Å²) in [7, 11) is 0. The van der Waals surface area contributed by atoms with Gasteiger partial charge in [0, 0.05) is 17.7 Å². The van der Waals surface area contributed by atoms with Crippen LogP contribution in [0.3, 0.4) is 0 Å². The van der Waals surface area contributed by atoms with Crippen molar-refractivity contribution in [1.29, 1.82) is 5.26 Å². The fraction of sp³-hybridized carbons (Fsp3) is 0.0526. The average Bonchev–Trinajstić information content (AvgIpc) is 3.10. The van der Waals surface area contributed by atoms with Crippen molar-refractivity contribution < 1.29 is 14.1 Å². The molecule has 0 fully saturated rings. The highest BCUT2D eigenvalue weighted by atomic mass is 19.1. The Kier molecular flexibility index (Phi) is 4.01. The lowest BCUT2D eigenvalue weighted by atomic mass is 9.83. The van der Waals surface area contributed by atoms with Gasteiger partial charge in [0.25, 0.3) is 5.69 Å². The van der Waals surface area contributed by atoms with E-state index in [1.807, 2.05) is 6.07 Å². The van der Waals surface area contributed by atoms with Crippen molar-refractivity contribution in [3.05, 3.63) is 87.0 Å². The van der Waals surface area contributed by atoms with Gasteiger partial charge in [-0.3, -0.25) is 15.2 Å². The van der Waals surface area contributed by atoms with Crippen LogP contribution in [0.15, 0.2) is 60.0 Å². The highest BCUT2D eigenvalue weighted by molar-refractivity contribution is 5.72. The van der Waals surface area contributed by atoms with Crippen molar-refractivity contribution in [2.45, 2.75) is 5.92 Å². The number of nitro benzene ring substituents is 1. The van der Waals surface area contributed by atoms with Crippen molar-refractivity contribution in [2.75, 3.05) is 0 Å². The van der Waals surface area contributed by atoms with Gasteiger partial charge in [-0.25, -0.2) is 4.39 Å². The molecule has 0 bridgehead atoms. The number of nitrogens with zero attached hydrogens (tertiary/aromatic N) is 3. The molecule has 0 radical (unpaired) electrons. The van der Waals surface area contributed by atoms with Crippen LogP contribution in [0.4, 0.5) is 10.1 Å². The van der Waals surface area contributed by atoms with E-state index in [-0.39, 0.29) is 23.0 Å². The Labute approximate surface area is 157 Å². The normalized spacial score (nSPS) is 15.5. The molecule has 0 aliphatic carbocycles. The maximum absolute atomic E-state index is 13.9. The molecule has 1 aliphatic heterocycles. The second-order valence-electron chi connectivity index (χ2n) is 6.10. The predicted octanol–water partition coefficient (Wildman–Crippen LogP) is 3.34. The number of benzene rings is 2. The number of halogens is 1. The van der Waals surface area contributed by atoms with Gasteiger partial charge in [-0.05, 0) is 17.7 Å². The minimum Gasteiger partial charge on any atom is -0.420 e. The van der Waals surface area contributed by atoms with Crippen LogP contribution in [-0.2, 0) is 0 Å². The van der Waals surface area contributed by atoms with Crippen LogP contribution in [-0.4, -0.2) is 15.1 Å². The van der Waals surface area contributed by atoms with Crippen molar-refractivity contribution in [3.8, 4) is 23.2 Å². The minimum absolute atomic E-state index is 0.101. The molecule has 2 heterocycles. The lowest BCUT2D eigenvalue weighted by Gasteiger charge is -2.24. The zero-order chi connectivity index (χ0) is 19.8. The summed E-state index contributed by atoms with van der Waals surface area (Å²) in [5.74, 6) is -1.20. The third-order valence-electron chi connectivity index (χ3n) is 4.47. The van der Waals surface area contributed by atoms with E-state index in [2.05, 4.69) is 10.2 Å². The van der Waals surface area contributed by atoms with Gasteiger partial charge in [0.1, 0.15) is 17.5 Å². The van der Waals surface area contributed by atoms with Crippen molar-refractivity contribution in [3.63, 3.8) is 0 Å². The van der Waals surface area contributed by atoms with Crippen LogP contribution in [0.5, 0.6) is 5.88 Å². The maximum Gasteiger partial charge on any atom is 0.270 e. The summed E-state index contributed by atoms with van der Waals surface area (Å²) in [4.78, 5) is 10.6. The number of aromatic amines is 1. The zero-order valence-corrected chi connectivity index (χ0v) is 14.2. The van der Waals surface area contributed by atoms with Crippen molar-refractivity contribution in [1.82, 2.24) is 10.2 Å². The fourth-order valence-electron chi connectivity index (χ4n) is 3.26. The number of nitro groups is 1. The maximum atomic E-state index is 13.9. The first-order valence-electron chi connectivity index (χ1n) is 8.15. The van der Waals surface area contributed by atoms with Gasteiger partial charge in [-0.15, -0.1) is 5.10 Å². The SMILES string of the molecule is N#CC1=C(N)Oc2n[nH]c(-c3cccc([N+](=O)[O-])c3)c2C1c1cccc(F)c1. The lowest BCUT2D eigenvalue weighted by Crippen LogP contribution is -2.21. The molecule has 9 heteroatoms. The molecular formula is C19H12FN5O3. The lowest BCUT2D eigenvalue weighted by molar-refractivity contribution is -0.384. The molecule has 138 valence electrons. The summed E-state index contributed by atoms with van der Waals surface area (Å²) in [5, 5.41) is 27.6. The van der Waals surface area contributed by atoms with Gasteiger partial charge in [0.05, 0.1) is 22.1 Å². The Morgan fingerprint density at radius 1 is 1.29 bits per heavy atom. The standard InChI is InChI=1S/C19H12FN5O3/c20-12-5-1-3-10(7-12)15-14(9-21)18(22)28-19-16(15)17(23-24-19)11-4-2-6-13(8-11)25(26)27/h1-8,15H,22H2,(H,23,24). The second-order valence-corrected chi connectivity index (χ2v) is 6.10. The molecule has 3 aromatic rings. The summed E-state index contributed by atoms with van der Waals surface area (Å²) in [6.45, 7) is 0. The van der Waals surface area contributed by atoms with Crippen LogP contribution in [0.25, 0.3) is 11.3 Å². The number of non-ortho nitro benzene ring substituents is 1. The molecular weight excluding hydrogens is 365 g/mol. The van der Waals surface area contributed by atoms with Crippen LogP contribution in [0.2, 0.25) is 0 Å². The first-order valence-corrected chi connectivity index (χ1v) is 8.15. The van der Waals surface area contributed by atoms with Crippen molar-refractivity contribution in [2.24, 2.45) is 5.73 Å². The van der Waals surface area contributed by atoms with E-state index in [4.69, 9.17) is 10.5 Å². The van der Waals surface area contributed by atoms with E-state index in [1.54, 1.807) is 12.1 Å². The number of rotatable bonds is 3. The zero-order valence-electron chi connectivity index (χ0n) is 14.2.